The van der Waals surface area contributed by atoms with Crippen LogP contribution in [-0.2, 0) is 17.9 Å². The van der Waals surface area contributed by atoms with E-state index in [0.29, 0.717) is 18.1 Å². The minimum Gasteiger partial charge on any atom is -0.360 e. The smallest absolute Gasteiger partial charge is 0.242 e. The third-order valence-electron chi connectivity index (χ3n) is 4.50. The van der Waals surface area contributed by atoms with Crippen LogP contribution in [-0.4, -0.2) is 38.1 Å². The lowest BCUT2D eigenvalue weighted by Gasteiger charge is -2.33. The van der Waals surface area contributed by atoms with E-state index in [1.54, 1.807) is 13.0 Å². The van der Waals surface area contributed by atoms with E-state index < -0.39 is 0 Å². The van der Waals surface area contributed by atoms with Crippen molar-refractivity contribution in [2.45, 2.75) is 53.2 Å². The Labute approximate surface area is 135 Å². The van der Waals surface area contributed by atoms with Crippen LogP contribution in [0.25, 0.3) is 0 Å². The minimum absolute atomic E-state index is 0.0470. The Balaban J connectivity index is 1.72. The number of fused-ring (bicyclic) bond motifs is 1. The molecule has 23 heavy (non-hydrogen) atoms. The fourth-order valence-electron chi connectivity index (χ4n) is 3.14. The average Bonchev–Trinajstić information content (AvgIpc) is 3.04. The highest BCUT2D eigenvalue weighted by Crippen LogP contribution is 2.20. The van der Waals surface area contributed by atoms with Gasteiger partial charge in [-0.05, 0) is 27.2 Å². The van der Waals surface area contributed by atoms with Crippen molar-refractivity contribution in [1.82, 2.24) is 19.6 Å². The van der Waals surface area contributed by atoms with Crippen molar-refractivity contribution in [3.8, 4) is 0 Å². The summed E-state index contributed by atoms with van der Waals surface area (Å²) in [5.41, 5.74) is 2.28. The zero-order valence-electron chi connectivity index (χ0n) is 14.1. The summed E-state index contributed by atoms with van der Waals surface area (Å²) in [6.07, 6.45) is 0.737. The first-order valence-corrected chi connectivity index (χ1v) is 8.00. The first-order chi connectivity index (χ1) is 11.0. The summed E-state index contributed by atoms with van der Waals surface area (Å²) in [4.78, 5) is 19.4. The van der Waals surface area contributed by atoms with Crippen LogP contribution < -0.4 is 5.32 Å². The van der Waals surface area contributed by atoms with E-state index in [9.17, 15) is 4.79 Å². The number of anilines is 1. The second-order valence-corrected chi connectivity index (χ2v) is 6.06. The Bertz CT molecular complexity index is 718. The highest BCUT2D eigenvalue weighted by Gasteiger charge is 2.29. The van der Waals surface area contributed by atoms with Gasteiger partial charge in [-0.1, -0.05) is 12.1 Å². The first-order valence-electron chi connectivity index (χ1n) is 8.00. The minimum atomic E-state index is -0.196. The predicted molar refractivity (Wildman–Crippen MR) is 86.1 cm³/mol. The molecule has 0 unspecified atom stereocenters. The molecule has 0 fully saturated rings. The van der Waals surface area contributed by atoms with Crippen LogP contribution in [0.1, 0.15) is 36.3 Å². The molecule has 2 aromatic rings. The van der Waals surface area contributed by atoms with Gasteiger partial charge in [0.05, 0.1) is 18.3 Å². The van der Waals surface area contributed by atoms with E-state index in [4.69, 9.17) is 4.52 Å². The molecule has 0 spiro atoms. The van der Waals surface area contributed by atoms with E-state index in [-0.39, 0.29) is 11.9 Å². The van der Waals surface area contributed by atoms with Crippen LogP contribution in [0.5, 0.6) is 0 Å². The number of imidazole rings is 1. The lowest BCUT2D eigenvalue weighted by Crippen LogP contribution is -2.47. The van der Waals surface area contributed by atoms with Gasteiger partial charge < -0.3 is 14.4 Å². The summed E-state index contributed by atoms with van der Waals surface area (Å²) >= 11 is 0. The Kier molecular flexibility index (Phi) is 4.21. The molecule has 0 saturated carbocycles. The lowest BCUT2D eigenvalue weighted by atomic mass is 10.1. The van der Waals surface area contributed by atoms with Crippen molar-refractivity contribution >= 4 is 11.7 Å². The molecule has 0 saturated heterocycles. The number of carbonyl (C=O) groups is 1. The average molecular weight is 317 g/mol. The molecule has 1 amide bonds. The summed E-state index contributed by atoms with van der Waals surface area (Å²) in [6, 6.07) is 1.53. The molecule has 1 aliphatic heterocycles. The molecule has 124 valence electrons. The number of rotatable bonds is 4. The quantitative estimate of drug-likeness (QED) is 0.934. The molecule has 0 bridgehead atoms. The molecule has 1 atom stereocenters. The van der Waals surface area contributed by atoms with Gasteiger partial charge in [0, 0.05) is 24.8 Å². The van der Waals surface area contributed by atoms with Crippen LogP contribution in [0.15, 0.2) is 10.6 Å². The van der Waals surface area contributed by atoms with E-state index in [1.165, 1.54) is 5.69 Å². The van der Waals surface area contributed by atoms with Gasteiger partial charge in [0.1, 0.15) is 11.6 Å². The Morgan fingerprint density at radius 1 is 1.39 bits per heavy atom. The Morgan fingerprint density at radius 3 is 2.83 bits per heavy atom. The van der Waals surface area contributed by atoms with Crippen molar-refractivity contribution in [3.05, 3.63) is 29.0 Å². The number of nitrogens with zero attached hydrogens (tertiary/aromatic N) is 4. The third kappa shape index (κ3) is 3.01. The van der Waals surface area contributed by atoms with Gasteiger partial charge in [-0.25, -0.2) is 4.98 Å². The molecule has 1 aliphatic rings. The molecule has 0 radical (unpaired) electrons. The van der Waals surface area contributed by atoms with Gasteiger partial charge in [0.25, 0.3) is 0 Å². The largest absolute Gasteiger partial charge is 0.360 e. The van der Waals surface area contributed by atoms with Gasteiger partial charge in [0.2, 0.25) is 5.91 Å². The third-order valence-corrected chi connectivity index (χ3v) is 4.50. The van der Waals surface area contributed by atoms with Crippen LogP contribution in [0.4, 0.5) is 5.82 Å². The predicted octanol–water partition coefficient (Wildman–Crippen LogP) is 2.03. The molecule has 2 aromatic heterocycles. The maximum Gasteiger partial charge on any atom is 0.242 e. The topological polar surface area (TPSA) is 76.2 Å². The van der Waals surface area contributed by atoms with E-state index in [2.05, 4.69) is 31.8 Å². The molecule has 1 N–H and O–H groups in total. The molecule has 3 heterocycles. The van der Waals surface area contributed by atoms with Crippen molar-refractivity contribution in [2.24, 2.45) is 0 Å². The molecule has 0 aromatic carbocycles. The van der Waals surface area contributed by atoms with Crippen molar-refractivity contribution in [2.75, 3.05) is 11.9 Å². The number of amides is 1. The summed E-state index contributed by atoms with van der Waals surface area (Å²) in [5, 5.41) is 6.67. The van der Waals surface area contributed by atoms with E-state index in [0.717, 1.165) is 31.0 Å². The summed E-state index contributed by atoms with van der Waals surface area (Å²) in [7, 11) is 0. The molecule has 7 heteroatoms. The van der Waals surface area contributed by atoms with Crippen molar-refractivity contribution in [3.63, 3.8) is 0 Å². The Hall–Kier alpha value is -2.15. The summed E-state index contributed by atoms with van der Waals surface area (Å²) < 4.78 is 7.24. The monoisotopic (exact) mass is 317 g/mol. The maximum absolute atomic E-state index is 12.6. The second kappa shape index (κ2) is 6.16. The lowest BCUT2D eigenvalue weighted by molar-refractivity contribution is -0.122. The fraction of sp³-hybridized carbons (Fsp3) is 0.562. The Morgan fingerprint density at radius 2 is 2.17 bits per heavy atom. The molecular weight excluding hydrogens is 294 g/mol. The van der Waals surface area contributed by atoms with Gasteiger partial charge in [0.15, 0.2) is 5.82 Å². The summed E-state index contributed by atoms with van der Waals surface area (Å²) in [5.74, 6) is 2.14. The maximum atomic E-state index is 12.6. The van der Waals surface area contributed by atoms with Crippen molar-refractivity contribution in [1.29, 1.82) is 0 Å². The zero-order chi connectivity index (χ0) is 16.6. The molecule has 0 aliphatic carbocycles. The number of aryl methyl sites for hydroxylation is 2. The second-order valence-electron chi connectivity index (χ2n) is 6.06. The van der Waals surface area contributed by atoms with Crippen molar-refractivity contribution < 1.29 is 9.32 Å². The van der Waals surface area contributed by atoms with Gasteiger partial charge >= 0.3 is 0 Å². The standard InChI is InChI=1S/C16H23N5O2/c1-5-13(16(22)18-14-8-10(2)23-19-14)20-6-7-21-12(4)11(3)17-15(21)9-20/h8,13H,5-7,9H2,1-4H3,(H,18,19,22)/t13-/m1/s1. The van der Waals surface area contributed by atoms with Gasteiger partial charge in [-0.15, -0.1) is 0 Å². The van der Waals surface area contributed by atoms with Crippen LogP contribution in [0.3, 0.4) is 0 Å². The highest BCUT2D eigenvalue weighted by molar-refractivity contribution is 5.93. The van der Waals surface area contributed by atoms with Gasteiger partial charge in [-0.2, -0.15) is 0 Å². The number of hydrogen-bond donors (Lipinski definition) is 1. The van der Waals surface area contributed by atoms with Crippen LogP contribution >= 0.6 is 0 Å². The number of nitrogens with one attached hydrogen (secondary N) is 1. The van der Waals surface area contributed by atoms with Gasteiger partial charge in [-0.3, -0.25) is 9.69 Å². The highest BCUT2D eigenvalue weighted by atomic mass is 16.5. The fourth-order valence-corrected chi connectivity index (χ4v) is 3.14. The molecular formula is C16H23N5O2. The summed E-state index contributed by atoms with van der Waals surface area (Å²) in [6.45, 7) is 10.4. The number of carbonyl (C=O) groups excluding carboxylic acids is 1. The van der Waals surface area contributed by atoms with E-state index in [1.807, 2.05) is 13.8 Å². The number of aromatic nitrogens is 3. The van der Waals surface area contributed by atoms with Crippen LogP contribution in [0, 0.1) is 20.8 Å². The SMILES string of the molecule is CC[C@H](C(=O)Nc1cc(C)on1)N1CCn2c(nc(C)c2C)C1. The zero-order valence-corrected chi connectivity index (χ0v) is 14.1. The molecule has 3 rings (SSSR count). The van der Waals surface area contributed by atoms with E-state index >= 15 is 0 Å². The first kappa shape index (κ1) is 15.7. The normalized spacial score (nSPS) is 16.2. The molecule has 7 nitrogen and oxygen atoms in total. The number of hydrogen-bond acceptors (Lipinski definition) is 5. The van der Waals surface area contributed by atoms with Crippen LogP contribution in [0.2, 0.25) is 0 Å².